The number of fused-ring (bicyclic) bond motifs is 1. The summed E-state index contributed by atoms with van der Waals surface area (Å²) in [5.41, 5.74) is 3.96. The third kappa shape index (κ3) is 4.74. The van der Waals surface area contributed by atoms with E-state index in [1.165, 1.54) is 36.1 Å². The molecule has 0 spiro atoms. The van der Waals surface area contributed by atoms with Crippen LogP contribution in [0, 0.1) is 0 Å². The molecule has 1 saturated heterocycles. The standard InChI is InChI=1S/C23H34N4O2/c1-26-12-6-7-17-15-18(10-11-20(17)26)21(27-13-4-5-14-27)16-24-22(28)23(29)25-19-8-2-3-9-19/h10-11,15,19,21H,2-9,12-14,16H2,1H3,(H,24,28)(H,25,29)/t21-/m0/s1. The molecule has 1 aromatic carbocycles. The number of carbonyl (C=O) groups is 2. The summed E-state index contributed by atoms with van der Waals surface area (Å²) >= 11 is 0. The van der Waals surface area contributed by atoms with Crippen LogP contribution in [-0.2, 0) is 16.0 Å². The van der Waals surface area contributed by atoms with E-state index in [1.54, 1.807) is 0 Å². The van der Waals surface area contributed by atoms with Gasteiger partial charge in [-0.25, -0.2) is 0 Å². The molecule has 158 valence electrons. The van der Waals surface area contributed by atoms with Crippen molar-refractivity contribution in [3.8, 4) is 0 Å². The van der Waals surface area contributed by atoms with Crippen LogP contribution in [0.2, 0.25) is 0 Å². The highest BCUT2D eigenvalue weighted by molar-refractivity contribution is 6.35. The summed E-state index contributed by atoms with van der Waals surface area (Å²) in [6.07, 6.45) is 8.92. The topological polar surface area (TPSA) is 64.7 Å². The van der Waals surface area contributed by atoms with E-state index in [-0.39, 0.29) is 12.1 Å². The summed E-state index contributed by atoms with van der Waals surface area (Å²) < 4.78 is 0. The zero-order chi connectivity index (χ0) is 20.2. The molecule has 0 bridgehead atoms. The second kappa shape index (κ2) is 9.16. The SMILES string of the molecule is CN1CCCc2cc([C@H](CNC(=O)C(=O)NC3CCCC3)N3CCCC3)ccc21. The van der Waals surface area contributed by atoms with Crippen LogP contribution in [-0.4, -0.2) is 56.0 Å². The van der Waals surface area contributed by atoms with Crippen molar-refractivity contribution in [2.45, 2.75) is 63.5 Å². The van der Waals surface area contributed by atoms with Gasteiger partial charge in [-0.3, -0.25) is 14.5 Å². The van der Waals surface area contributed by atoms with Crippen molar-refractivity contribution in [2.24, 2.45) is 0 Å². The molecule has 6 heteroatoms. The lowest BCUT2D eigenvalue weighted by atomic mass is 9.96. The van der Waals surface area contributed by atoms with Crippen molar-refractivity contribution >= 4 is 17.5 Å². The Labute approximate surface area is 174 Å². The highest BCUT2D eigenvalue weighted by Crippen LogP contribution is 2.31. The molecule has 1 aliphatic carbocycles. The van der Waals surface area contributed by atoms with Gasteiger partial charge >= 0.3 is 11.8 Å². The van der Waals surface area contributed by atoms with Crippen LogP contribution >= 0.6 is 0 Å². The van der Waals surface area contributed by atoms with Crippen LogP contribution in [0.3, 0.4) is 0 Å². The van der Waals surface area contributed by atoms with Crippen molar-refractivity contribution < 1.29 is 9.59 Å². The Balaban J connectivity index is 1.43. The van der Waals surface area contributed by atoms with Crippen molar-refractivity contribution in [3.63, 3.8) is 0 Å². The predicted molar refractivity (Wildman–Crippen MR) is 115 cm³/mol. The summed E-state index contributed by atoms with van der Waals surface area (Å²) in [6, 6.07) is 7.03. The average Bonchev–Trinajstić information content (AvgIpc) is 3.42. The average molecular weight is 399 g/mol. The van der Waals surface area contributed by atoms with Gasteiger partial charge in [0.2, 0.25) is 0 Å². The van der Waals surface area contributed by atoms with Gasteiger partial charge in [0.25, 0.3) is 0 Å². The maximum absolute atomic E-state index is 12.4. The number of carbonyl (C=O) groups excluding carboxylic acids is 2. The Hall–Kier alpha value is -2.08. The van der Waals surface area contributed by atoms with Crippen LogP contribution in [0.1, 0.15) is 62.1 Å². The van der Waals surface area contributed by atoms with E-state index in [0.29, 0.717) is 6.54 Å². The third-order valence-electron chi connectivity index (χ3n) is 6.77. The van der Waals surface area contributed by atoms with E-state index in [9.17, 15) is 9.59 Å². The molecule has 0 aromatic heterocycles. The van der Waals surface area contributed by atoms with Crippen LogP contribution in [0.5, 0.6) is 0 Å². The predicted octanol–water partition coefficient (Wildman–Crippen LogP) is 2.38. The molecule has 2 heterocycles. The van der Waals surface area contributed by atoms with Crippen LogP contribution in [0.15, 0.2) is 18.2 Å². The molecule has 3 aliphatic rings. The molecule has 29 heavy (non-hydrogen) atoms. The van der Waals surface area contributed by atoms with E-state index in [4.69, 9.17) is 0 Å². The first kappa shape index (κ1) is 20.2. The van der Waals surface area contributed by atoms with Crippen molar-refractivity contribution in [2.75, 3.05) is 38.1 Å². The van der Waals surface area contributed by atoms with Crippen LogP contribution in [0.25, 0.3) is 0 Å². The van der Waals surface area contributed by atoms with Gasteiger partial charge in [-0.05, 0) is 68.8 Å². The largest absolute Gasteiger partial charge is 0.374 e. The number of hydrogen-bond donors (Lipinski definition) is 2. The van der Waals surface area contributed by atoms with Gasteiger partial charge in [-0.1, -0.05) is 25.0 Å². The summed E-state index contributed by atoms with van der Waals surface area (Å²) in [4.78, 5) is 29.4. The van der Waals surface area contributed by atoms with Gasteiger partial charge in [0.1, 0.15) is 0 Å². The van der Waals surface area contributed by atoms with Crippen molar-refractivity contribution in [1.29, 1.82) is 0 Å². The Morgan fingerprint density at radius 2 is 1.79 bits per heavy atom. The maximum Gasteiger partial charge on any atom is 0.309 e. The van der Waals surface area contributed by atoms with Crippen LogP contribution < -0.4 is 15.5 Å². The van der Waals surface area contributed by atoms with Crippen LogP contribution in [0.4, 0.5) is 5.69 Å². The smallest absolute Gasteiger partial charge is 0.309 e. The lowest BCUT2D eigenvalue weighted by Gasteiger charge is -2.31. The number of amides is 2. The second-order valence-corrected chi connectivity index (χ2v) is 8.84. The number of nitrogens with one attached hydrogen (secondary N) is 2. The van der Waals surface area contributed by atoms with Gasteiger partial charge in [0.15, 0.2) is 0 Å². The molecule has 1 aromatic rings. The Kier molecular flexibility index (Phi) is 6.38. The number of anilines is 1. The minimum absolute atomic E-state index is 0.123. The summed E-state index contributed by atoms with van der Waals surface area (Å²) in [5.74, 6) is -0.983. The normalized spacial score (nSPS) is 21.1. The number of nitrogens with zero attached hydrogens (tertiary/aromatic N) is 2. The Morgan fingerprint density at radius 3 is 2.55 bits per heavy atom. The first-order valence-electron chi connectivity index (χ1n) is 11.3. The summed E-state index contributed by atoms with van der Waals surface area (Å²) in [6.45, 7) is 3.68. The fraction of sp³-hybridized carbons (Fsp3) is 0.652. The van der Waals surface area contributed by atoms with Crippen molar-refractivity contribution in [1.82, 2.24) is 15.5 Å². The minimum atomic E-state index is -0.501. The van der Waals surface area contributed by atoms with E-state index in [0.717, 1.165) is 51.7 Å². The molecule has 2 N–H and O–H groups in total. The number of aryl methyl sites for hydroxylation is 1. The first-order valence-corrected chi connectivity index (χ1v) is 11.3. The number of benzene rings is 1. The first-order chi connectivity index (χ1) is 14.1. The van der Waals surface area contributed by atoms with Gasteiger partial charge in [0.05, 0.1) is 6.04 Å². The zero-order valence-electron chi connectivity index (χ0n) is 17.6. The van der Waals surface area contributed by atoms with Gasteiger partial charge in [0, 0.05) is 31.9 Å². The Bertz CT molecular complexity index is 738. The highest BCUT2D eigenvalue weighted by Gasteiger charge is 2.27. The molecule has 4 rings (SSSR count). The molecular formula is C23H34N4O2. The van der Waals surface area contributed by atoms with Gasteiger partial charge in [-0.2, -0.15) is 0 Å². The molecular weight excluding hydrogens is 364 g/mol. The van der Waals surface area contributed by atoms with E-state index in [1.807, 2.05) is 0 Å². The molecule has 2 amide bonds. The molecule has 0 unspecified atom stereocenters. The molecule has 6 nitrogen and oxygen atoms in total. The molecule has 2 aliphatic heterocycles. The zero-order valence-corrected chi connectivity index (χ0v) is 17.6. The lowest BCUT2D eigenvalue weighted by Crippen LogP contribution is -2.46. The molecule has 1 saturated carbocycles. The highest BCUT2D eigenvalue weighted by atomic mass is 16.2. The van der Waals surface area contributed by atoms with E-state index >= 15 is 0 Å². The second-order valence-electron chi connectivity index (χ2n) is 8.84. The summed E-state index contributed by atoms with van der Waals surface area (Å²) in [5, 5.41) is 5.80. The number of likely N-dealkylation sites (tertiary alicyclic amines) is 1. The summed E-state index contributed by atoms with van der Waals surface area (Å²) in [7, 11) is 2.15. The maximum atomic E-state index is 12.4. The van der Waals surface area contributed by atoms with E-state index in [2.05, 4.69) is 45.7 Å². The Morgan fingerprint density at radius 1 is 1.03 bits per heavy atom. The monoisotopic (exact) mass is 398 g/mol. The fourth-order valence-corrected chi connectivity index (χ4v) is 5.11. The van der Waals surface area contributed by atoms with Gasteiger partial charge in [-0.15, -0.1) is 0 Å². The number of rotatable bonds is 5. The van der Waals surface area contributed by atoms with Gasteiger partial charge < -0.3 is 15.5 Å². The lowest BCUT2D eigenvalue weighted by molar-refractivity contribution is -0.139. The third-order valence-corrected chi connectivity index (χ3v) is 6.77. The molecule has 1 atom stereocenters. The fourth-order valence-electron chi connectivity index (χ4n) is 5.11. The molecule has 0 radical (unpaired) electrons. The number of hydrogen-bond acceptors (Lipinski definition) is 4. The quantitative estimate of drug-likeness (QED) is 0.748. The minimum Gasteiger partial charge on any atom is -0.374 e. The van der Waals surface area contributed by atoms with Crippen molar-refractivity contribution in [3.05, 3.63) is 29.3 Å². The van der Waals surface area contributed by atoms with E-state index < -0.39 is 11.8 Å². The molecule has 2 fully saturated rings.